The van der Waals surface area contributed by atoms with E-state index in [-0.39, 0.29) is 0 Å². The van der Waals surface area contributed by atoms with Crippen LogP contribution < -0.4 is 0 Å². The molecule has 0 saturated heterocycles. The summed E-state index contributed by atoms with van der Waals surface area (Å²) in [6.45, 7) is 2.57. The van der Waals surface area contributed by atoms with Gasteiger partial charge in [0.1, 0.15) is 0 Å². The molecule has 0 aliphatic rings. The van der Waals surface area contributed by atoms with E-state index >= 15 is 0 Å². The van der Waals surface area contributed by atoms with Crippen molar-refractivity contribution >= 4 is 17.7 Å². The third-order valence-electron chi connectivity index (χ3n) is 2.18. The molecular weight excluding hydrogens is 264 g/mol. The van der Waals surface area contributed by atoms with Crippen molar-refractivity contribution in [2.24, 2.45) is 0 Å². The molecule has 0 N–H and O–H groups in total. The standard InChI is InChI=1S/C13H13ClN4O/c1-2-19-10-4-3-5-13-15-17-18(16-13)12-8-6-11(14)7-9-12/h3-10H,2H2,1H3/b5-3+,10-4+. The average Bonchev–Trinajstić information content (AvgIpc) is 2.88. The molecule has 1 aromatic heterocycles. The highest BCUT2D eigenvalue weighted by molar-refractivity contribution is 6.30. The van der Waals surface area contributed by atoms with Crippen molar-refractivity contribution in [3.05, 3.63) is 53.5 Å². The van der Waals surface area contributed by atoms with Crippen molar-refractivity contribution in [3.63, 3.8) is 0 Å². The molecule has 0 bridgehead atoms. The van der Waals surface area contributed by atoms with Crippen LogP contribution in [0, 0.1) is 0 Å². The van der Waals surface area contributed by atoms with Gasteiger partial charge in [0, 0.05) is 5.02 Å². The fraction of sp³-hybridized carbons (Fsp3) is 0.154. The van der Waals surface area contributed by atoms with Crippen LogP contribution in [0.25, 0.3) is 11.8 Å². The second kappa shape index (κ2) is 6.70. The third-order valence-corrected chi connectivity index (χ3v) is 2.44. The van der Waals surface area contributed by atoms with Crippen molar-refractivity contribution in [1.82, 2.24) is 20.2 Å². The normalized spacial score (nSPS) is 11.5. The molecule has 0 radical (unpaired) electrons. The number of nitrogens with zero attached hydrogens (tertiary/aromatic N) is 4. The van der Waals surface area contributed by atoms with Crippen LogP contribution in [0.1, 0.15) is 12.7 Å². The Hall–Kier alpha value is -2.14. The lowest BCUT2D eigenvalue weighted by atomic mass is 10.3. The highest BCUT2D eigenvalue weighted by Gasteiger charge is 2.01. The van der Waals surface area contributed by atoms with Gasteiger partial charge >= 0.3 is 0 Å². The van der Waals surface area contributed by atoms with E-state index in [0.717, 1.165) is 5.69 Å². The van der Waals surface area contributed by atoms with E-state index in [1.165, 1.54) is 4.80 Å². The van der Waals surface area contributed by atoms with Crippen molar-refractivity contribution in [2.75, 3.05) is 6.61 Å². The van der Waals surface area contributed by atoms with Gasteiger partial charge in [-0.25, -0.2) is 0 Å². The Morgan fingerprint density at radius 1 is 1.26 bits per heavy atom. The molecule has 1 aromatic carbocycles. The summed E-state index contributed by atoms with van der Waals surface area (Å²) >= 11 is 5.82. The van der Waals surface area contributed by atoms with Crippen molar-refractivity contribution in [3.8, 4) is 5.69 Å². The van der Waals surface area contributed by atoms with Gasteiger partial charge in [0.25, 0.3) is 0 Å². The smallest absolute Gasteiger partial charge is 0.198 e. The van der Waals surface area contributed by atoms with Crippen LogP contribution in [0.15, 0.2) is 42.7 Å². The van der Waals surface area contributed by atoms with Gasteiger partial charge in [0.15, 0.2) is 5.82 Å². The minimum absolute atomic E-state index is 0.524. The minimum atomic E-state index is 0.524. The largest absolute Gasteiger partial charge is 0.501 e. The molecule has 6 heteroatoms. The van der Waals surface area contributed by atoms with Gasteiger partial charge < -0.3 is 4.74 Å². The number of tetrazole rings is 1. The van der Waals surface area contributed by atoms with Gasteiger partial charge in [-0.1, -0.05) is 17.7 Å². The van der Waals surface area contributed by atoms with Crippen LogP contribution in [0.3, 0.4) is 0 Å². The highest BCUT2D eigenvalue weighted by atomic mass is 35.5. The molecule has 19 heavy (non-hydrogen) atoms. The van der Waals surface area contributed by atoms with E-state index in [9.17, 15) is 0 Å². The second-order valence-corrected chi connectivity index (χ2v) is 3.99. The lowest BCUT2D eigenvalue weighted by Gasteiger charge is -1.96. The number of rotatable bonds is 5. The van der Waals surface area contributed by atoms with Gasteiger partial charge in [0.2, 0.25) is 0 Å². The van der Waals surface area contributed by atoms with Crippen LogP contribution in [0.4, 0.5) is 0 Å². The molecule has 98 valence electrons. The van der Waals surface area contributed by atoms with E-state index in [0.29, 0.717) is 17.5 Å². The summed E-state index contributed by atoms with van der Waals surface area (Å²) in [5.74, 6) is 0.524. The highest BCUT2D eigenvalue weighted by Crippen LogP contribution is 2.11. The Morgan fingerprint density at radius 3 is 2.79 bits per heavy atom. The minimum Gasteiger partial charge on any atom is -0.501 e. The maximum atomic E-state index is 5.82. The zero-order valence-corrected chi connectivity index (χ0v) is 11.2. The van der Waals surface area contributed by atoms with Crippen molar-refractivity contribution in [2.45, 2.75) is 6.92 Å². The molecule has 0 unspecified atom stereocenters. The first-order valence-corrected chi connectivity index (χ1v) is 6.18. The number of aromatic nitrogens is 4. The maximum absolute atomic E-state index is 5.82. The Kier molecular flexibility index (Phi) is 4.69. The first-order chi connectivity index (χ1) is 9.29. The number of benzene rings is 1. The van der Waals surface area contributed by atoms with E-state index in [2.05, 4.69) is 15.4 Å². The molecule has 0 amide bonds. The molecule has 0 aliphatic carbocycles. The summed E-state index contributed by atoms with van der Waals surface area (Å²) in [6.07, 6.45) is 6.92. The monoisotopic (exact) mass is 276 g/mol. The molecule has 0 fully saturated rings. The summed E-state index contributed by atoms with van der Waals surface area (Å²) in [7, 11) is 0. The first kappa shape index (κ1) is 13.3. The van der Waals surface area contributed by atoms with Gasteiger partial charge in [-0.05, 0) is 48.6 Å². The molecular formula is C13H13ClN4O. The zero-order valence-electron chi connectivity index (χ0n) is 10.4. The number of hydrogen-bond donors (Lipinski definition) is 0. The molecule has 0 spiro atoms. The van der Waals surface area contributed by atoms with Crippen LogP contribution in [0.2, 0.25) is 5.02 Å². The van der Waals surface area contributed by atoms with E-state index in [1.54, 1.807) is 36.6 Å². The quantitative estimate of drug-likeness (QED) is 0.622. The summed E-state index contributed by atoms with van der Waals surface area (Å²) in [5.41, 5.74) is 0.807. The number of hydrogen-bond acceptors (Lipinski definition) is 4. The lowest BCUT2D eigenvalue weighted by Crippen LogP contribution is -1.98. The van der Waals surface area contributed by atoms with Gasteiger partial charge in [-0.2, -0.15) is 0 Å². The predicted octanol–water partition coefficient (Wildman–Crippen LogP) is 2.88. The van der Waals surface area contributed by atoms with Crippen molar-refractivity contribution < 1.29 is 4.74 Å². The fourth-order valence-corrected chi connectivity index (χ4v) is 1.44. The van der Waals surface area contributed by atoms with Crippen LogP contribution in [0.5, 0.6) is 0 Å². The Bertz CT molecular complexity index is 575. The molecule has 2 aromatic rings. The molecule has 5 nitrogen and oxygen atoms in total. The van der Waals surface area contributed by atoms with Gasteiger partial charge in [-0.15, -0.1) is 15.0 Å². The molecule has 0 saturated carbocycles. The van der Waals surface area contributed by atoms with E-state index < -0.39 is 0 Å². The fourth-order valence-electron chi connectivity index (χ4n) is 1.31. The number of halogens is 1. The molecule has 0 atom stereocenters. The maximum Gasteiger partial charge on any atom is 0.198 e. The number of allylic oxidation sites excluding steroid dienone is 2. The second-order valence-electron chi connectivity index (χ2n) is 3.56. The average molecular weight is 277 g/mol. The predicted molar refractivity (Wildman–Crippen MR) is 74.0 cm³/mol. The van der Waals surface area contributed by atoms with Crippen molar-refractivity contribution in [1.29, 1.82) is 0 Å². The molecule has 1 heterocycles. The zero-order chi connectivity index (χ0) is 13.5. The van der Waals surface area contributed by atoms with E-state index in [1.807, 2.05) is 19.1 Å². The van der Waals surface area contributed by atoms with E-state index in [4.69, 9.17) is 16.3 Å². The Labute approximate surface area is 116 Å². The SMILES string of the molecule is CCO/C=C/C=C/c1nnn(-c2ccc(Cl)cc2)n1. The summed E-state index contributed by atoms with van der Waals surface area (Å²) in [6, 6.07) is 7.21. The van der Waals surface area contributed by atoms with Crippen LogP contribution in [-0.2, 0) is 4.74 Å². The Morgan fingerprint density at radius 2 is 2.05 bits per heavy atom. The Balaban J connectivity index is 2.04. The lowest BCUT2D eigenvalue weighted by molar-refractivity contribution is 0.269. The first-order valence-electron chi connectivity index (χ1n) is 5.80. The van der Waals surface area contributed by atoms with Gasteiger partial charge in [0.05, 0.1) is 18.6 Å². The summed E-state index contributed by atoms with van der Waals surface area (Å²) in [5, 5.41) is 12.8. The summed E-state index contributed by atoms with van der Waals surface area (Å²) < 4.78 is 5.05. The van der Waals surface area contributed by atoms with Gasteiger partial charge in [-0.3, -0.25) is 0 Å². The van der Waals surface area contributed by atoms with Crippen LogP contribution in [-0.4, -0.2) is 26.8 Å². The third kappa shape index (κ3) is 3.93. The molecule has 2 rings (SSSR count). The van der Waals surface area contributed by atoms with Crippen LogP contribution >= 0.6 is 11.6 Å². The molecule has 0 aliphatic heterocycles. The number of ether oxygens (including phenoxy) is 1. The summed E-state index contributed by atoms with van der Waals surface area (Å²) in [4.78, 5) is 1.45. The topological polar surface area (TPSA) is 52.8 Å².